The Hall–Kier alpha value is -1.95. The lowest BCUT2D eigenvalue weighted by atomic mass is 10.0. The SMILES string of the molecule is COc1cc(Cc2c(C)nc(SC)[nH]c2=O)ccc1O. The van der Waals surface area contributed by atoms with E-state index in [0.717, 1.165) is 5.56 Å². The molecule has 2 N–H and O–H groups in total. The molecule has 1 aromatic heterocycles. The molecule has 0 aliphatic rings. The molecule has 1 aromatic carbocycles. The van der Waals surface area contributed by atoms with E-state index in [1.165, 1.54) is 18.9 Å². The minimum atomic E-state index is -0.131. The van der Waals surface area contributed by atoms with Crippen LogP contribution in [-0.2, 0) is 6.42 Å². The predicted molar refractivity (Wildman–Crippen MR) is 78.8 cm³/mol. The number of phenols is 1. The maximum atomic E-state index is 12.1. The number of nitrogens with one attached hydrogen (secondary N) is 1. The van der Waals surface area contributed by atoms with Crippen molar-refractivity contribution in [3.8, 4) is 11.5 Å². The summed E-state index contributed by atoms with van der Waals surface area (Å²) < 4.78 is 5.07. The third kappa shape index (κ3) is 2.96. The van der Waals surface area contributed by atoms with Crippen LogP contribution in [-0.4, -0.2) is 28.4 Å². The van der Waals surface area contributed by atoms with Crippen molar-refractivity contribution in [2.24, 2.45) is 0 Å². The van der Waals surface area contributed by atoms with Crippen molar-refractivity contribution < 1.29 is 9.84 Å². The Labute approximate surface area is 121 Å². The fourth-order valence-corrected chi connectivity index (χ4v) is 2.35. The molecule has 2 aromatic rings. The van der Waals surface area contributed by atoms with Gasteiger partial charge in [-0.1, -0.05) is 17.8 Å². The van der Waals surface area contributed by atoms with Gasteiger partial charge < -0.3 is 14.8 Å². The van der Waals surface area contributed by atoms with E-state index < -0.39 is 0 Å². The normalized spacial score (nSPS) is 10.6. The van der Waals surface area contributed by atoms with Crippen LogP contribution in [0.1, 0.15) is 16.8 Å². The first kappa shape index (κ1) is 14.5. The standard InChI is InChI=1S/C14H16N2O3S/c1-8-10(13(18)16-14(15-8)20-3)6-9-4-5-11(17)12(7-9)19-2/h4-5,7,17H,6H2,1-3H3,(H,15,16,18). The first-order valence-electron chi connectivity index (χ1n) is 6.04. The molecule has 0 atom stereocenters. The molecule has 0 radical (unpaired) electrons. The lowest BCUT2D eigenvalue weighted by molar-refractivity contribution is 0.373. The summed E-state index contributed by atoms with van der Waals surface area (Å²) in [6.07, 6.45) is 2.31. The second-order valence-electron chi connectivity index (χ2n) is 4.32. The van der Waals surface area contributed by atoms with Gasteiger partial charge in [-0.25, -0.2) is 4.98 Å². The molecule has 106 valence electrons. The van der Waals surface area contributed by atoms with Gasteiger partial charge in [-0.3, -0.25) is 4.79 Å². The lowest BCUT2D eigenvalue weighted by Gasteiger charge is -2.08. The van der Waals surface area contributed by atoms with Crippen molar-refractivity contribution in [1.82, 2.24) is 9.97 Å². The average molecular weight is 292 g/mol. The van der Waals surface area contributed by atoms with Gasteiger partial charge in [0.15, 0.2) is 16.7 Å². The van der Waals surface area contributed by atoms with Gasteiger partial charge in [0.25, 0.3) is 5.56 Å². The fraction of sp³-hybridized carbons (Fsp3) is 0.286. The Morgan fingerprint density at radius 3 is 2.80 bits per heavy atom. The number of hydrogen-bond donors (Lipinski definition) is 2. The van der Waals surface area contributed by atoms with Crippen molar-refractivity contribution in [3.63, 3.8) is 0 Å². The Kier molecular flexibility index (Phi) is 4.34. The summed E-state index contributed by atoms with van der Waals surface area (Å²) in [4.78, 5) is 19.1. The maximum absolute atomic E-state index is 12.1. The Balaban J connectivity index is 2.37. The third-order valence-electron chi connectivity index (χ3n) is 3.02. The van der Waals surface area contributed by atoms with Crippen LogP contribution in [0.25, 0.3) is 0 Å². The number of nitrogens with zero attached hydrogens (tertiary/aromatic N) is 1. The highest BCUT2D eigenvalue weighted by Gasteiger charge is 2.10. The largest absolute Gasteiger partial charge is 0.504 e. The van der Waals surface area contributed by atoms with Crippen molar-refractivity contribution in [1.29, 1.82) is 0 Å². The molecule has 0 saturated carbocycles. The lowest BCUT2D eigenvalue weighted by Crippen LogP contribution is -2.17. The molecule has 0 fully saturated rings. The molecule has 0 aliphatic heterocycles. The van der Waals surface area contributed by atoms with E-state index in [9.17, 15) is 9.90 Å². The molecule has 20 heavy (non-hydrogen) atoms. The number of aromatic amines is 1. The van der Waals surface area contributed by atoms with Crippen LogP contribution in [0.3, 0.4) is 0 Å². The summed E-state index contributed by atoms with van der Waals surface area (Å²) in [6.45, 7) is 1.82. The Morgan fingerprint density at radius 1 is 1.45 bits per heavy atom. The maximum Gasteiger partial charge on any atom is 0.255 e. The number of ether oxygens (including phenoxy) is 1. The van der Waals surface area contributed by atoms with E-state index >= 15 is 0 Å². The number of rotatable bonds is 4. The van der Waals surface area contributed by atoms with Gasteiger partial charge in [0.05, 0.1) is 7.11 Å². The van der Waals surface area contributed by atoms with Gasteiger partial charge >= 0.3 is 0 Å². The number of phenolic OH excluding ortho intramolecular Hbond substituents is 1. The average Bonchev–Trinajstić information content (AvgIpc) is 2.44. The summed E-state index contributed by atoms with van der Waals surface area (Å²) in [7, 11) is 1.49. The van der Waals surface area contributed by atoms with Crippen LogP contribution < -0.4 is 10.3 Å². The number of benzene rings is 1. The van der Waals surface area contributed by atoms with Gasteiger partial charge in [0.1, 0.15) is 0 Å². The molecule has 0 aliphatic carbocycles. The van der Waals surface area contributed by atoms with Crippen LogP contribution in [0.5, 0.6) is 11.5 Å². The summed E-state index contributed by atoms with van der Waals surface area (Å²) in [5.74, 6) is 0.475. The van der Waals surface area contributed by atoms with E-state index in [1.807, 2.05) is 13.2 Å². The molecule has 2 rings (SSSR count). The van der Waals surface area contributed by atoms with Gasteiger partial charge in [0.2, 0.25) is 0 Å². The summed E-state index contributed by atoms with van der Waals surface area (Å²) in [6, 6.07) is 5.04. The number of aromatic nitrogens is 2. The summed E-state index contributed by atoms with van der Waals surface area (Å²) >= 11 is 1.40. The zero-order chi connectivity index (χ0) is 14.7. The number of aryl methyl sites for hydroxylation is 1. The minimum Gasteiger partial charge on any atom is -0.504 e. The van der Waals surface area contributed by atoms with Gasteiger partial charge in [0, 0.05) is 17.7 Å². The number of thioether (sulfide) groups is 1. The fourth-order valence-electron chi connectivity index (χ4n) is 1.93. The minimum absolute atomic E-state index is 0.0812. The monoisotopic (exact) mass is 292 g/mol. The highest BCUT2D eigenvalue weighted by molar-refractivity contribution is 7.98. The van der Waals surface area contributed by atoms with E-state index in [1.54, 1.807) is 18.2 Å². The Bertz CT molecular complexity index is 683. The zero-order valence-corrected chi connectivity index (χ0v) is 12.4. The molecule has 0 bridgehead atoms. The topological polar surface area (TPSA) is 75.2 Å². The van der Waals surface area contributed by atoms with Crippen molar-refractivity contribution in [2.45, 2.75) is 18.5 Å². The van der Waals surface area contributed by atoms with E-state index in [4.69, 9.17) is 4.74 Å². The smallest absolute Gasteiger partial charge is 0.255 e. The first-order chi connectivity index (χ1) is 9.55. The van der Waals surface area contributed by atoms with Gasteiger partial charge in [-0.2, -0.15) is 0 Å². The molecule has 0 saturated heterocycles. The predicted octanol–water partition coefficient (Wildman–Crippen LogP) is 2.11. The van der Waals surface area contributed by atoms with Crippen LogP contribution in [0.2, 0.25) is 0 Å². The molecule has 6 heteroatoms. The van der Waals surface area contributed by atoms with Crippen LogP contribution >= 0.6 is 11.8 Å². The zero-order valence-electron chi connectivity index (χ0n) is 11.6. The molecule has 1 heterocycles. The number of H-pyrrole nitrogens is 1. The van der Waals surface area contributed by atoms with E-state index in [2.05, 4.69) is 9.97 Å². The molecule has 5 nitrogen and oxygen atoms in total. The van der Waals surface area contributed by atoms with Crippen LogP contribution in [0, 0.1) is 6.92 Å². The molecular formula is C14H16N2O3S. The molecule has 0 unspecified atom stereocenters. The second kappa shape index (κ2) is 6.00. The van der Waals surface area contributed by atoms with E-state index in [-0.39, 0.29) is 11.3 Å². The van der Waals surface area contributed by atoms with E-state index in [0.29, 0.717) is 28.6 Å². The third-order valence-corrected chi connectivity index (χ3v) is 3.60. The van der Waals surface area contributed by atoms with Gasteiger partial charge in [-0.15, -0.1) is 0 Å². The number of hydrogen-bond acceptors (Lipinski definition) is 5. The highest BCUT2D eigenvalue weighted by atomic mass is 32.2. The van der Waals surface area contributed by atoms with Gasteiger partial charge in [-0.05, 0) is 30.9 Å². The second-order valence-corrected chi connectivity index (χ2v) is 5.12. The summed E-state index contributed by atoms with van der Waals surface area (Å²) in [5.41, 5.74) is 2.08. The highest BCUT2D eigenvalue weighted by Crippen LogP contribution is 2.27. The van der Waals surface area contributed by atoms with Crippen molar-refractivity contribution in [3.05, 3.63) is 45.4 Å². The first-order valence-corrected chi connectivity index (χ1v) is 7.27. The quantitative estimate of drug-likeness (QED) is 0.667. The molecule has 0 spiro atoms. The Morgan fingerprint density at radius 2 is 2.20 bits per heavy atom. The number of aromatic hydroxyl groups is 1. The molecular weight excluding hydrogens is 276 g/mol. The van der Waals surface area contributed by atoms with Crippen LogP contribution in [0.4, 0.5) is 0 Å². The summed E-state index contributed by atoms with van der Waals surface area (Å²) in [5, 5.41) is 10.2. The molecule has 0 amide bonds. The van der Waals surface area contributed by atoms with Crippen LogP contribution in [0.15, 0.2) is 28.2 Å². The number of methoxy groups -OCH3 is 1. The van der Waals surface area contributed by atoms with Crippen molar-refractivity contribution in [2.75, 3.05) is 13.4 Å². The van der Waals surface area contributed by atoms with Crippen molar-refractivity contribution >= 4 is 11.8 Å².